The van der Waals surface area contributed by atoms with Crippen LogP contribution in [0.15, 0.2) is 66.7 Å². The Hall–Kier alpha value is -3.79. The first-order chi connectivity index (χ1) is 27.6. The molecule has 3 saturated heterocycles. The van der Waals surface area contributed by atoms with Crippen LogP contribution in [0.4, 0.5) is 0 Å². The first-order valence-corrected chi connectivity index (χ1v) is 23.4. The maximum absolute atomic E-state index is 15.3. The first kappa shape index (κ1) is 37.5. The molecule has 5 fully saturated rings. The predicted octanol–water partition coefficient (Wildman–Crippen LogP) is 5.30. The summed E-state index contributed by atoms with van der Waals surface area (Å²) in [7, 11) is -6.24. The SMILES string of the molecule is COc1ccc2c(c1)C1CC1(S(=O)(=O)N1CC3CN(Cc4ccccc4)C[C@H]3C1)Cn1c-2c(C2CCCCC2)c2ccc(C(=O)NS(=O)(=O)N3CCOCC3)cc21. The maximum atomic E-state index is 15.3. The third-order valence-electron chi connectivity index (χ3n) is 13.9. The molecule has 10 rings (SSSR count). The molecule has 1 N–H and O–H groups in total. The molecule has 3 aromatic carbocycles. The first-order valence-electron chi connectivity index (χ1n) is 20.6. The van der Waals surface area contributed by atoms with Gasteiger partial charge in [0.05, 0.1) is 26.0 Å². The van der Waals surface area contributed by atoms with Crippen LogP contribution in [-0.2, 0) is 38.1 Å². The fourth-order valence-corrected chi connectivity index (χ4v) is 14.5. The van der Waals surface area contributed by atoms with E-state index in [1.807, 2.05) is 24.3 Å². The molecule has 57 heavy (non-hydrogen) atoms. The molecule has 12 nitrogen and oxygen atoms in total. The van der Waals surface area contributed by atoms with Gasteiger partial charge in [-0.1, -0.05) is 55.7 Å². The van der Waals surface area contributed by atoms with E-state index in [1.54, 1.807) is 23.5 Å². The van der Waals surface area contributed by atoms with Crippen molar-refractivity contribution in [2.75, 3.05) is 59.6 Å². The van der Waals surface area contributed by atoms with E-state index in [0.717, 1.165) is 73.0 Å². The highest BCUT2D eigenvalue weighted by atomic mass is 32.2. The van der Waals surface area contributed by atoms with Crippen LogP contribution in [0, 0.1) is 11.8 Å². The minimum absolute atomic E-state index is 0.172. The van der Waals surface area contributed by atoms with Gasteiger partial charge in [-0.25, -0.2) is 17.4 Å². The molecule has 0 radical (unpaired) electrons. The highest BCUT2D eigenvalue weighted by Gasteiger charge is 2.68. The lowest BCUT2D eigenvalue weighted by atomic mass is 9.81. The van der Waals surface area contributed by atoms with Gasteiger partial charge in [0, 0.05) is 80.3 Å². The summed E-state index contributed by atoms with van der Waals surface area (Å²) in [5, 5.41) is 0.993. The molecule has 0 spiro atoms. The molecule has 4 atom stereocenters. The second-order valence-corrected chi connectivity index (χ2v) is 21.1. The number of likely N-dealkylation sites (tertiary alicyclic amines) is 1. The molecule has 5 heterocycles. The third-order valence-corrected chi connectivity index (χ3v) is 18.0. The van der Waals surface area contributed by atoms with Crippen molar-refractivity contribution < 1.29 is 31.1 Å². The number of nitrogens with zero attached hydrogens (tertiary/aromatic N) is 4. The van der Waals surface area contributed by atoms with Crippen LogP contribution in [0.2, 0.25) is 0 Å². The third kappa shape index (κ3) is 6.33. The molecular formula is C43H51N5O7S2. The molecular weight excluding hydrogens is 763 g/mol. The Morgan fingerprint density at radius 1 is 0.877 bits per heavy atom. The van der Waals surface area contributed by atoms with E-state index in [1.165, 1.54) is 21.9 Å². The van der Waals surface area contributed by atoms with E-state index in [9.17, 15) is 13.2 Å². The number of hydrogen-bond donors (Lipinski definition) is 1. The van der Waals surface area contributed by atoms with E-state index in [0.29, 0.717) is 25.3 Å². The summed E-state index contributed by atoms with van der Waals surface area (Å²) in [6.45, 7) is 4.80. The summed E-state index contributed by atoms with van der Waals surface area (Å²) >= 11 is 0. The Labute approximate surface area is 335 Å². The van der Waals surface area contributed by atoms with E-state index >= 15 is 8.42 Å². The molecule has 4 aromatic rings. The fourth-order valence-electron chi connectivity index (χ4n) is 10.9. The summed E-state index contributed by atoms with van der Waals surface area (Å²) < 4.78 is 74.7. The number of carbonyl (C=O) groups is 1. The van der Waals surface area contributed by atoms with Crippen LogP contribution in [-0.4, -0.2) is 105 Å². The zero-order valence-electron chi connectivity index (χ0n) is 32.4. The minimum atomic E-state index is -4.09. The van der Waals surface area contributed by atoms with E-state index in [2.05, 4.69) is 44.5 Å². The standard InChI is InChI=1S/C43H51N5O7S2/c1-54-34-13-15-35-37(21-34)38-22-43(38,56(50,51)47-26-32-24-45(25-33(32)27-47)23-29-8-4-2-5-9-29)28-48-39-20-31(42(49)44-57(52,53)46-16-18-55-19-17-46)12-14-36(39)40(41(35)48)30-10-6-3-7-11-30/h2,4-5,8-9,12-15,20-21,30,32-33,38H,3,6-7,10-11,16-19,22-28H2,1H3,(H,44,49)/t32-,33?,38?,43?/m0/s1. The number of nitrogens with one attached hydrogen (secondary N) is 1. The van der Waals surface area contributed by atoms with Crippen molar-refractivity contribution in [1.82, 2.24) is 22.8 Å². The average molecular weight is 814 g/mol. The predicted molar refractivity (Wildman–Crippen MR) is 218 cm³/mol. The highest BCUT2D eigenvalue weighted by Crippen LogP contribution is 2.64. The number of carbonyl (C=O) groups excluding carboxylic acids is 1. The average Bonchev–Trinajstić information content (AvgIpc) is 3.50. The topological polar surface area (TPSA) is 130 Å². The van der Waals surface area contributed by atoms with Crippen molar-refractivity contribution in [3.63, 3.8) is 0 Å². The number of aromatic nitrogens is 1. The van der Waals surface area contributed by atoms with Gasteiger partial charge in [0.15, 0.2) is 0 Å². The van der Waals surface area contributed by atoms with Crippen molar-refractivity contribution in [1.29, 1.82) is 0 Å². The zero-order valence-corrected chi connectivity index (χ0v) is 34.1. The van der Waals surface area contributed by atoms with Crippen molar-refractivity contribution in [3.8, 4) is 17.0 Å². The number of morpholine rings is 1. The van der Waals surface area contributed by atoms with Gasteiger partial charge in [0.1, 0.15) is 10.5 Å². The van der Waals surface area contributed by atoms with Crippen molar-refractivity contribution in [3.05, 3.63) is 89.0 Å². The van der Waals surface area contributed by atoms with Gasteiger partial charge in [-0.3, -0.25) is 9.69 Å². The van der Waals surface area contributed by atoms with E-state index in [-0.39, 0.29) is 62.1 Å². The Kier molecular flexibility index (Phi) is 9.33. The molecule has 1 amide bonds. The number of hydrogen-bond acceptors (Lipinski definition) is 8. The van der Waals surface area contributed by atoms with Gasteiger partial charge in [-0.05, 0) is 84.0 Å². The van der Waals surface area contributed by atoms with Gasteiger partial charge in [-0.2, -0.15) is 12.7 Å². The Bertz CT molecular complexity index is 2430. The second-order valence-electron chi connectivity index (χ2n) is 17.2. The summed E-state index contributed by atoms with van der Waals surface area (Å²) in [6, 6.07) is 22.0. The monoisotopic (exact) mass is 813 g/mol. The summed E-state index contributed by atoms with van der Waals surface area (Å²) in [5.41, 5.74) is 6.49. The number of benzene rings is 3. The Morgan fingerprint density at radius 3 is 2.33 bits per heavy atom. The Balaban J connectivity index is 1.04. The number of ether oxygens (including phenoxy) is 2. The van der Waals surface area contributed by atoms with Gasteiger partial charge >= 0.3 is 10.2 Å². The summed E-state index contributed by atoms with van der Waals surface area (Å²) in [4.78, 5) is 16.2. The lowest BCUT2D eigenvalue weighted by Crippen LogP contribution is -2.48. The number of fused-ring (bicyclic) bond motifs is 8. The van der Waals surface area contributed by atoms with Crippen LogP contribution in [0.5, 0.6) is 5.75 Å². The fraction of sp³-hybridized carbons (Fsp3) is 0.512. The molecule has 1 aromatic heterocycles. The van der Waals surface area contributed by atoms with Gasteiger partial charge in [0.25, 0.3) is 5.91 Å². The van der Waals surface area contributed by atoms with Crippen LogP contribution in [0.1, 0.15) is 77.4 Å². The molecule has 0 bridgehead atoms. The highest BCUT2D eigenvalue weighted by molar-refractivity contribution is 7.91. The zero-order chi connectivity index (χ0) is 39.1. The molecule has 14 heteroatoms. The van der Waals surface area contributed by atoms with Gasteiger partial charge < -0.3 is 14.0 Å². The molecule has 6 aliphatic rings. The maximum Gasteiger partial charge on any atom is 0.304 e. The molecule has 302 valence electrons. The number of methoxy groups -OCH3 is 1. The van der Waals surface area contributed by atoms with Crippen LogP contribution in [0.25, 0.3) is 22.2 Å². The van der Waals surface area contributed by atoms with Gasteiger partial charge in [-0.15, -0.1) is 0 Å². The molecule has 3 unspecified atom stereocenters. The lowest BCUT2D eigenvalue weighted by molar-refractivity contribution is 0.0719. The van der Waals surface area contributed by atoms with Crippen LogP contribution < -0.4 is 9.46 Å². The van der Waals surface area contributed by atoms with Crippen molar-refractivity contribution in [2.24, 2.45) is 11.8 Å². The smallest absolute Gasteiger partial charge is 0.304 e. The largest absolute Gasteiger partial charge is 0.497 e. The van der Waals surface area contributed by atoms with Crippen molar-refractivity contribution in [2.45, 2.75) is 68.2 Å². The normalized spacial score (nSPS) is 27.0. The molecule has 4 aliphatic heterocycles. The number of sulfonamides is 1. The molecule has 2 saturated carbocycles. The quantitative estimate of drug-likeness (QED) is 0.241. The van der Waals surface area contributed by atoms with Crippen LogP contribution in [0.3, 0.4) is 0 Å². The summed E-state index contributed by atoms with van der Waals surface area (Å²) in [6.07, 6.45) is 5.98. The number of rotatable bonds is 9. The number of amides is 1. The van der Waals surface area contributed by atoms with Crippen molar-refractivity contribution >= 4 is 37.0 Å². The Morgan fingerprint density at radius 2 is 1.61 bits per heavy atom. The molecule has 2 aliphatic carbocycles. The lowest BCUT2D eigenvalue weighted by Gasteiger charge is -2.27. The van der Waals surface area contributed by atoms with E-state index < -0.39 is 30.9 Å². The van der Waals surface area contributed by atoms with E-state index in [4.69, 9.17) is 9.47 Å². The van der Waals surface area contributed by atoms with Gasteiger partial charge in [0.2, 0.25) is 10.0 Å². The second kappa shape index (κ2) is 14.2. The minimum Gasteiger partial charge on any atom is -0.497 e. The van der Waals surface area contributed by atoms with Crippen LogP contribution >= 0.6 is 0 Å². The summed E-state index contributed by atoms with van der Waals surface area (Å²) in [5.74, 6) is 0.602.